The number of hydrogen-bond donors (Lipinski definition) is 1. The molecule has 1 rings (SSSR count). The van der Waals surface area contributed by atoms with E-state index in [2.05, 4.69) is 6.92 Å². The summed E-state index contributed by atoms with van der Waals surface area (Å²) in [6, 6.07) is 0. The van der Waals surface area contributed by atoms with Crippen LogP contribution in [0.2, 0.25) is 0 Å². The maximum Gasteiger partial charge on any atom is 0.306 e. The van der Waals surface area contributed by atoms with Crippen LogP contribution in [0.15, 0.2) is 0 Å². The number of unbranched alkanes of at least 4 members (excludes halogenated alkanes) is 4. The van der Waals surface area contributed by atoms with E-state index in [1.54, 1.807) is 0 Å². The molecule has 0 heterocycles. The van der Waals surface area contributed by atoms with Crippen LogP contribution in [0.3, 0.4) is 0 Å². The molecule has 0 bridgehead atoms. The Labute approximate surface area is 99.4 Å². The van der Waals surface area contributed by atoms with Crippen molar-refractivity contribution in [3.63, 3.8) is 0 Å². The van der Waals surface area contributed by atoms with Crippen molar-refractivity contribution in [2.24, 2.45) is 11.8 Å². The van der Waals surface area contributed by atoms with Crippen LogP contribution in [0.1, 0.15) is 71.1 Å². The molecule has 0 saturated heterocycles. The highest BCUT2D eigenvalue weighted by Crippen LogP contribution is 2.32. The Hall–Kier alpha value is -0.530. The van der Waals surface area contributed by atoms with Gasteiger partial charge >= 0.3 is 5.97 Å². The van der Waals surface area contributed by atoms with Gasteiger partial charge in [0.15, 0.2) is 0 Å². The lowest BCUT2D eigenvalue weighted by Crippen LogP contribution is -2.21. The molecule has 0 aromatic carbocycles. The lowest BCUT2D eigenvalue weighted by molar-refractivity contribution is -0.143. The second-order valence-electron chi connectivity index (χ2n) is 5.26. The molecule has 2 heteroatoms. The van der Waals surface area contributed by atoms with Gasteiger partial charge < -0.3 is 5.11 Å². The van der Waals surface area contributed by atoms with Gasteiger partial charge in [-0.2, -0.15) is 0 Å². The zero-order valence-corrected chi connectivity index (χ0v) is 10.6. The van der Waals surface area contributed by atoms with Crippen molar-refractivity contribution >= 4 is 5.97 Å². The summed E-state index contributed by atoms with van der Waals surface area (Å²) in [6.07, 6.45) is 12.2. The van der Waals surface area contributed by atoms with Gasteiger partial charge in [-0.3, -0.25) is 4.79 Å². The third-order valence-electron chi connectivity index (χ3n) is 3.91. The quantitative estimate of drug-likeness (QED) is 0.659. The number of rotatable bonds is 7. The molecule has 0 aliphatic heterocycles. The molecule has 1 aliphatic rings. The Morgan fingerprint density at radius 3 is 2.25 bits per heavy atom. The summed E-state index contributed by atoms with van der Waals surface area (Å²) in [5, 5.41) is 8.90. The molecule has 1 aliphatic carbocycles. The summed E-state index contributed by atoms with van der Waals surface area (Å²) < 4.78 is 0. The van der Waals surface area contributed by atoms with E-state index in [4.69, 9.17) is 5.11 Å². The van der Waals surface area contributed by atoms with Crippen molar-refractivity contribution in [1.29, 1.82) is 0 Å². The van der Waals surface area contributed by atoms with Crippen molar-refractivity contribution in [1.82, 2.24) is 0 Å². The van der Waals surface area contributed by atoms with E-state index < -0.39 is 5.97 Å². The second-order valence-corrected chi connectivity index (χ2v) is 5.26. The van der Waals surface area contributed by atoms with Gasteiger partial charge in [-0.05, 0) is 31.6 Å². The van der Waals surface area contributed by atoms with Crippen LogP contribution < -0.4 is 0 Å². The van der Waals surface area contributed by atoms with Gasteiger partial charge in [-0.1, -0.05) is 45.4 Å². The van der Waals surface area contributed by atoms with E-state index in [1.807, 2.05) is 0 Å². The maximum absolute atomic E-state index is 10.8. The molecule has 2 nitrogen and oxygen atoms in total. The minimum Gasteiger partial charge on any atom is -0.481 e. The standard InChI is InChI=1S/C14H26O2/c1-2-3-4-5-6-7-12-8-10-13(11-9-12)14(15)16/h12-13H,2-11H2,1H3,(H,15,16)/t12-,13-. The minimum absolute atomic E-state index is 0.0451. The highest BCUT2D eigenvalue weighted by atomic mass is 16.4. The fourth-order valence-corrected chi connectivity index (χ4v) is 2.73. The maximum atomic E-state index is 10.8. The van der Waals surface area contributed by atoms with Crippen LogP contribution in [-0.4, -0.2) is 11.1 Å². The Morgan fingerprint density at radius 2 is 1.69 bits per heavy atom. The normalized spacial score (nSPS) is 25.6. The molecule has 0 unspecified atom stereocenters. The van der Waals surface area contributed by atoms with Crippen LogP contribution in [0.4, 0.5) is 0 Å². The molecule has 0 radical (unpaired) electrons. The number of carboxylic acid groups (broad SMARTS) is 1. The fraction of sp³-hybridized carbons (Fsp3) is 0.929. The average Bonchev–Trinajstić information content (AvgIpc) is 2.29. The van der Waals surface area contributed by atoms with Gasteiger partial charge in [-0.15, -0.1) is 0 Å². The van der Waals surface area contributed by atoms with Crippen LogP contribution in [-0.2, 0) is 4.79 Å². The first-order chi connectivity index (χ1) is 7.74. The first kappa shape index (κ1) is 13.5. The zero-order valence-electron chi connectivity index (χ0n) is 10.6. The van der Waals surface area contributed by atoms with Crippen LogP contribution in [0, 0.1) is 11.8 Å². The first-order valence-electron chi connectivity index (χ1n) is 6.96. The number of carbonyl (C=O) groups is 1. The average molecular weight is 226 g/mol. The van der Waals surface area contributed by atoms with Crippen molar-refractivity contribution in [2.75, 3.05) is 0 Å². The molecule has 0 atom stereocenters. The van der Waals surface area contributed by atoms with E-state index >= 15 is 0 Å². The smallest absolute Gasteiger partial charge is 0.306 e. The molecular weight excluding hydrogens is 200 g/mol. The van der Waals surface area contributed by atoms with Gasteiger partial charge in [0.2, 0.25) is 0 Å². The van der Waals surface area contributed by atoms with Crippen LogP contribution >= 0.6 is 0 Å². The summed E-state index contributed by atoms with van der Waals surface area (Å²) in [6.45, 7) is 2.24. The van der Waals surface area contributed by atoms with Crippen LogP contribution in [0.5, 0.6) is 0 Å². The highest BCUT2D eigenvalue weighted by molar-refractivity contribution is 5.69. The lowest BCUT2D eigenvalue weighted by atomic mass is 9.80. The van der Waals surface area contributed by atoms with Gasteiger partial charge in [0, 0.05) is 0 Å². The molecule has 16 heavy (non-hydrogen) atoms. The molecular formula is C14H26O2. The molecule has 0 aromatic heterocycles. The predicted octanol–water partition coefficient (Wildman–Crippen LogP) is 4.24. The van der Waals surface area contributed by atoms with E-state index in [0.29, 0.717) is 0 Å². The Morgan fingerprint density at radius 1 is 1.06 bits per heavy atom. The summed E-state index contributed by atoms with van der Waals surface area (Å²) in [7, 11) is 0. The number of hydrogen-bond acceptors (Lipinski definition) is 1. The van der Waals surface area contributed by atoms with Gasteiger partial charge in [0.05, 0.1) is 5.92 Å². The van der Waals surface area contributed by atoms with Gasteiger partial charge in [0.25, 0.3) is 0 Å². The minimum atomic E-state index is -0.582. The zero-order chi connectivity index (χ0) is 11.8. The molecule has 1 fully saturated rings. The van der Waals surface area contributed by atoms with E-state index in [9.17, 15) is 4.79 Å². The molecule has 1 saturated carbocycles. The fourth-order valence-electron chi connectivity index (χ4n) is 2.73. The summed E-state index contributed by atoms with van der Waals surface area (Å²) in [4.78, 5) is 10.8. The molecule has 94 valence electrons. The van der Waals surface area contributed by atoms with Gasteiger partial charge in [-0.25, -0.2) is 0 Å². The SMILES string of the molecule is CCCCCCC[C@H]1CC[C@H](C(=O)O)CC1. The van der Waals surface area contributed by atoms with Crippen molar-refractivity contribution < 1.29 is 9.90 Å². The van der Waals surface area contributed by atoms with E-state index in [1.165, 1.54) is 38.5 Å². The Bertz CT molecular complexity index is 193. The lowest BCUT2D eigenvalue weighted by Gasteiger charge is -2.25. The van der Waals surface area contributed by atoms with E-state index in [0.717, 1.165) is 31.6 Å². The Kier molecular flexibility index (Phi) is 6.51. The molecule has 0 spiro atoms. The summed E-state index contributed by atoms with van der Waals surface area (Å²) >= 11 is 0. The van der Waals surface area contributed by atoms with Crippen molar-refractivity contribution in [3.8, 4) is 0 Å². The summed E-state index contributed by atoms with van der Waals surface area (Å²) in [5.74, 6) is 0.190. The Balaban J connectivity index is 2.02. The predicted molar refractivity (Wildman–Crippen MR) is 66.5 cm³/mol. The topological polar surface area (TPSA) is 37.3 Å². The number of aliphatic carboxylic acids is 1. The first-order valence-corrected chi connectivity index (χ1v) is 6.96. The van der Waals surface area contributed by atoms with Gasteiger partial charge in [0.1, 0.15) is 0 Å². The van der Waals surface area contributed by atoms with E-state index in [-0.39, 0.29) is 5.92 Å². The largest absolute Gasteiger partial charge is 0.481 e. The monoisotopic (exact) mass is 226 g/mol. The second kappa shape index (κ2) is 7.70. The van der Waals surface area contributed by atoms with Crippen molar-refractivity contribution in [3.05, 3.63) is 0 Å². The molecule has 0 aromatic rings. The molecule has 0 amide bonds. The highest BCUT2D eigenvalue weighted by Gasteiger charge is 2.25. The van der Waals surface area contributed by atoms with Crippen molar-refractivity contribution in [2.45, 2.75) is 71.1 Å². The third kappa shape index (κ3) is 5.00. The third-order valence-corrected chi connectivity index (χ3v) is 3.91. The van der Waals surface area contributed by atoms with Crippen LogP contribution in [0.25, 0.3) is 0 Å². The number of carboxylic acids is 1. The molecule has 1 N–H and O–H groups in total. The summed E-state index contributed by atoms with van der Waals surface area (Å²) in [5.41, 5.74) is 0.